The van der Waals surface area contributed by atoms with Gasteiger partial charge < -0.3 is 20.5 Å². The molecule has 1 unspecified atom stereocenters. The van der Waals surface area contributed by atoms with E-state index in [1.54, 1.807) is 11.8 Å². The van der Waals surface area contributed by atoms with Gasteiger partial charge in [0.15, 0.2) is 0 Å². The average Bonchev–Trinajstić information content (AvgIpc) is 3.19. The van der Waals surface area contributed by atoms with Gasteiger partial charge in [0.05, 0.1) is 0 Å². The van der Waals surface area contributed by atoms with Crippen LogP contribution in [0.3, 0.4) is 0 Å². The van der Waals surface area contributed by atoms with E-state index in [2.05, 4.69) is 22.8 Å². The Hall–Kier alpha value is -3.00. The Bertz CT molecular complexity index is 1040. The minimum atomic E-state index is -1.27. The van der Waals surface area contributed by atoms with Crippen LogP contribution in [0.4, 0.5) is 4.79 Å². The maximum Gasteiger partial charge on any atom is 0.407 e. The summed E-state index contributed by atoms with van der Waals surface area (Å²) in [4.78, 5) is 37.9. The van der Waals surface area contributed by atoms with Crippen molar-refractivity contribution in [3.63, 3.8) is 0 Å². The normalized spacial score (nSPS) is 17.1. The van der Waals surface area contributed by atoms with E-state index in [1.807, 2.05) is 42.7 Å². The molecule has 8 heteroatoms. The number of nitrogens with one attached hydrogen (secondary N) is 2. The molecule has 2 amide bonds. The van der Waals surface area contributed by atoms with Gasteiger partial charge in [0.2, 0.25) is 5.91 Å². The summed E-state index contributed by atoms with van der Waals surface area (Å²) in [6, 6.07) is 15.3. The Morgan fingerprint density at radius 3 is 2.20 bits per heavy atom. The molecule has 35 heavy (non-hydrogen) atoms. The molecule has 0 bridgehead atoms. The number of carboxylic acids is 1. The first kappa shape index (κ1) is 25.1. The van der Waals surface area contributed by atoms with Gasteiger partial charge >= 0.3 is 12.1 Å². The lowest BCUT2D eigenvalue weighted by atomic mass is 9.81. The number of carbonyl (C=O) groups excluding carboxylic acids is 2. The molecule has 186 valence electrons. The Balaban J connectivity index is 1.42. The van der Waals surface area contributed by atoms with Gasteiger partial charge in [-0.25, -0.2) is 9.59 Å². The molecule has 0 spiro atoms. The van der Waals surface area contributed by atoms with Crippen LogP contribution in [-0.2, 0) is 14.3 Å². The summed E-state index contributed by atoms with van der Waals surface area (Å²) in [6.45, 7) is 0.149. The van der Waals surface area contributed by atoms with E-state index in [4.69, 9.17) is 4.74 Å². The number of amides is 2. The molecule has 2 aromatic rings. The predicted octanol–water partition coefficient (Wildman–Crippen LogP) is 4.55. The number of carboxylic acid groups (broad SMARTS) is 1. The van der Waals surface area contributed by atoms with Crippen molar-refractivity contribution in [1.29, 1.82) is 0 Å². The number of alkyl carbamates (subject to hydrolysis) is 1. The third-order valence-electron chi connectivity index (χ3n) is 7.04. The molecule has 2 aliphatic carbocycles. The highest BCUT2D eigenvalue weighted by molar-refractivity contribution is 7.98. The van der Waals surface area contributed by atoms with Crippen molar-refractivity contribution >= 4 is 29.7 Å². The third-order valence-corrected chi connectivity index (χ3v) is 7.69. The van der Waals surface area contributed by atoms with Crippen LogP contribution < -0.4 is 10.6 Å². The van der Waals surface area contributed by atoms with Crippen LogP contribution in [0, 0.1) is 0 Å². The Labute approximate surface area is 210 Å². The zero-order valence-corrected chi connectivity index (χ0v) is 20.7. The molecule has 0 heterocycles. The van der Waals surface area contributed by atoms with Crippen molar-refractivity contribution in [2.24, 2.45) is 0 Å². The van der Waals surface area contributed by atoms with Crippen molar-refractivity contribution in [2.45, 2.75) is 56.0 Å². The first-order chi connectivity index (χ1) is 16.9. The van der Waals surface area contributed by atoms with Crippen LogP contribution >= 0.6 is 11.8 Å². The van der Waals surface area contributed by atoms with Gasteiger partial charge in [-0.1, -0.05) is 67.8 Å². The lowest BCUT2D eigenvalue weighted by Crippen LogP contribution is -2.60. The van der Waals surface area contributed by atoms with Crippen LogP contribution in [0.1, 0.15) is 55.6 Å². The number of aliphatic carboxylic acids is 1. The lowest BCUT2D eigenvalue weighted by molar-refractivity contribution is -0.149. The quantitative estimate of drug-likeness (QED) is 0.470. The first-order valence-corrected chi connectivity index (χ1v) is 13.5. The molecule has 2 aliphatic rings. The maximum atomic E-state index is 13.1. The van der Waals surface area contributed by atoms with Gasteiger partial charge in [-0.15, -0.1) is 0 Å². The molecule has 0 aliphatic heterocycles. The number of carbonyl (C=O) groups is 3. The van der Waals surface area contributed by atoms with Crippen molar-refractivity contribution in [3.8, 4) is 11.1 Å². The van der Waals surface area contributed by atoms with E-state index < -0.39 is 29.6 Å². The van der Waals surface area contributed by atoms with Gasteiger partial charge in [0.25, 0.3) is 0 Å². The van der Waals surface area contributed by atoms with E-state index in [9.17, 15) is 19.5 Å². The minimum absolute atomic E-state index is 0.0795. The lowest BCUT2D eigenvalue weighted by Gasteiger charge is -2.35. The molecule has 0 aromatic heterocycles. The summed E-state index contributed by atoms with van der Waals surface area (Å²) in [6.07, 6.45) is 4.88. The van der Waals surface area contributed by atoms with Crippen molar-refractivity contribution < 1.29 is 24.2 Å². The van der Waals surface area contributed by atoms with E-state index >= 15 is 0 Å². The minimum Gasteiger partial charge on any atom is -0.480 e. The molecule has 1 fully saturated rings. The predicted molar refractivity (Wildman–Crippen MR) is 137 cm³/mol. The van der Waals surface area contributed by atoms with Gasteiger partial charge in [-0.2, -0.15) is 11.8 Å². The van der Waals surface area contributed by atoms with Gasteiger partial charge in [-0.05, 0) is 53.5 Å². The second kappa shape index (κ2) is 11.2. The molecule has 0 radical (unpaired) electrons. The fourth-order valence-corrected chi connectivity index (χ4v) is 5.63. The number of rotatable bonds is 9. The number of thioether (sulfide) groups is 1. The topological polar surface area (TPSA) is 105 Å². The molecule has 1 atom stereocenters. The smallest absolute Gasteiger partial charge is 0.407 e. The van der Waals surface area contributed by atoms with Gasteiger partial charge in [0, 0.05) is 5.92 Å². The van der Waals surface area contributed by atoms with Crippen molar-refractivity contribution in [2.75, 3.05) is 18.6 Å². The van der Waals surface area contributed by atoms with Crippen LogP contribution in [0.2, 0.25) is 0 Å². The van der Waals surface area contributed by atoms with Gasteiger partial charge in [-0.3, -0.25) is 4.79 Å². The molecule has 0 saturated heterocycles. The van der Waals surface area contributed by atoms with E-state index in [-0.39, 0.29) is 12.5 Å². The first-order valence-electron chi connectivity index (χ1n) is 12.1. The summed E-state index contributed by atoms with van der Waals surface area (Å²) in [5.74, 6) is -0.932. The molecule has 7 nitrogen and oxygen atoms in total. The van der Waals surface area contributed by atoms with Crippen molar-refractivity contribution in [3.05, 3.63) is 59.7 Å². The van der Waals surface area contributed by atoms with Crippen LogP contribution in [0.25, 0.3) is 11.1 Å². The van der Waals surface area contributed by atoms with Gasteiger partial charge in [0.1, 0.15) is 18.2 Å². The largest absolute Gasteiger partial charge is 0.480 e. The summed E-state index contributed by atoms with van der Waals surface area (Å²) < 4.78 is 5.61. The molecule has 4 rings (SSSR count). The Morgan fingerprint density at radius 2 is 1.63 bits per heavy atom. The highest BCUT2D eigenvalue weighted by Crippen LogP contribution is 2.44. The van der Waals surface area contributed by atoms with E-state index in [0.29, 0.717) is 25.0 Å². The number of hydrogen-bond acceptors (Lipinski definition) is 5. The fourth-order valence-electron chi connectivity index (χ4n) is 5.16. The summed E-state index contributed by atoms with van der Waals surface area (Å²) in [5, 5.41) is 15.3. The van der Waals surface area contributed by atoms with Crippen LogP contribution in [0.15, 0.2) is 48.5 Å². The SMILES string of the molecule is CSCCC(NC(=O)OCC1c2ccccc2-c2ccccc21)C(=O)NC1(C(=O)O)CCCCC1. The molecular weight excluding hydrogens is 464 g/mol. The second-order valence-corrected chi connectivity index (χ2v) is 10.2. The van der Waals surface area contributed by atoms with E-state index in [0.717, 1.165) is 41.5 Å². The summed E-state index contributed by atoms with van der Waals surface area (Å²) in [7, 11) is 0. The standard InChI is InChI=1S/C27H32N2O5S/c1-35-16-13-23(24(30)29-27(25(31)32)14-7-2-8-15-27)28-26(33)34-17-22-20-11-5-3-9-18(20)19-10-4-6-12-21(19)22/h3-6,9-12,22-23H,2,7-8,13-17H2,1H3,(H,28,33)(H,29,30)(H,31,32). The highest BCUT2D eigenvalue weighted by atomic mass is 32.2. The third kappa shape index (κ3) is 5.48. The highest BCUT2D eigenvalue weighted by Gasteiger charge is 2.42. The zero-order chi connectivity index (χ0) is 24.8. The average molecular weight is 497 g/mol. The van der Waals surface area contributed by atoms with Crippen molar-refractivity contribution in [1.82, 2.24) is 10.6 Å². The molecule has 2 aromatic carbocycles. The summed E-state index contributed by atoms with van der Waals surface area (Å²) in [5.41, 5.74) is 3.23. The van der Waals surface area contributed by atoms with E-state index in [1.165, 1.54) is 0 Å². The number of fused-ring (bicyclic) bond motifs is 3. The molecular formula is C27H32N2O5S. The molecule has 1 saturated carbocycles. The molecule has 3 N–H and O–H groups in total. The van der Waals surface area contributed by atoms with Crippen LogP contribution in [0.5, 0.6) is 0 Å². The fraction of sp³-hybridized carbons (Fsp3) is 0.444. The maximum absolute atomic E-state index is 13.1. The Morgan fingerprint density at radius 1 is 1.03 bits per heavy atom. The summed E-state index contributed by atoms with van der Waals surface area (Å²) >= 11 is 1.56. The number of benzene rings is 2. The number of ether oxygens (including phenoxy) is 1. The monoisotopic (exact) mass is 496 g/mol. The Kier molecular flexibility index (Phi) is 8.00. The number of hydrogen-bond donors (Lipinski definition) is 3. The van der Waals surface area contributed by atoms with Crippen LogP contribution in [-0.4, -0.2) is 53.3 Å². The zero-order valence-electron chi connectivity index (χ0n) is 19.9. The second-order valence-electron chi connectivity index (χ2n) is 9.24.